The Morgan fingerprint density at radius 3 is 2.47 bits per heavy atom. The number of nitrogens with one attached hydrogen (secondary N) is 1. The third kappa shape index (κ3) is 6.07. The Balaban J connectivity index is 1.18. The predicted molar refractivity (Wildman–Crippen MR) is 141 cm³/mol. The van der Waals surface area contributed by atoms with Crippen molar-refractivity contribution in [2.24, 2.45) is 7.05 Å². The van der Waals surface area contributed by atoms with E-state index in [4.69, 9.17) is 4.74 Å². The fraction of sp³-hybridized carbons (Fsp3) is 0.500. The first kappa shape index (κ1) is 26.7. The topological polar surface area (TPSA) is 59.4 Å². The maximum Gasteiger partial charge on any atom is 0.433 e. The summed E-state index contributed by atoms with van der Waals surface area (Å²) in [6.45, 7) is 2.27. The lowest BCUT2D eigenvalue weighted by atomic mass is 9.73. The van der Waals surface area contributed by atoms with Crippen LogP contribution in [0.25, 0.3) is 10.6 Å². The van der Waals surface area contributed by atoms with E-state index >= 15 is 0 Å². The van der Waals surface area contributed by atoms with Crippen LogP contribution in [0.15, 0.2) is 48.5 Å². The normalized spacial score (nSPS) is 22.8. The molecule has 3 aromatic rings. The molecule has 0 bridgehead atoms. The van der Waals surface area contributed by atoms with Crippen LogP contribution in [0.2, 0.25) is 0 Å². The second kappa shape index (κ2) is 11.1. The van der Waals surface area contributed by atoms with Crippen molar-refractivity contribution >= 4 is 17.4 Å². The maximum absolute atomic E-state index is 13.1. The number of carbonyl (C=O) groups excluding carboxylic acids is 1. The summed E-state index contributed by atoms with van der Waals surface area (Å²) in [5.41, 5.74) is 0.837. The zero-order valence-corrected chi connectivity index (χ0v) is 22.3. The lowest BCUT2D eigenvalue weighted by Crippen LogP contribution is -2.56. The number of nitrogens with zero attached hydrogens (tertiary/aromatic N) is 3. The molecule has 2 fully saturated rings. The van der Waals surface area contributed by atoms with E-state index in [0.29, 0.717) is 9.94 Å². The van der Waals surface area contributed by atoms with E-state index in [9.17, 15) is 18.0 Å². The van der Waals surface area contributed by atoms with Crippen molar-refractivity contribution in [1.82, 2.24) is 20.0 Å². The van der Waals surface area contributed by atoms with Gasteiger partial charge in [0.1, 0.15) is 11.4 Å². The number of thiophene rings is 1. The minimum Gasteiger partial charge on any atom is -0.399 e. The summed E-state index contributed by atoms with van der Waals surface area (Å²) in [5, 5.41) is 7.29. The molecule has 2 aliphatic rings. The molecule has 5 rings (SSSR count). The summed E-state index contributed by atoms with van der Waals surface area (Å²) < 4.78 is 45.6. The number of aromatic nitrogens is 2. The van der Waals surface area contributed by atoms with Gasteiger partial charge in [-0.15, -0.1) is 0 Å². The van der Waals surface area contributed by atoms with Gasteiger partial charge in [-0.1, -0.05) is 48.1 Å². The van der Waals surface area contributed by atoms with Crippen LogP contribution in [0.1, 0.15) is 56.2 Å². The Kier molecular flexibility index (Phi) is 7.81. The van der Waals surface area contributed by atoms with Crippen molar-refractivity contribution in [3.8, 4) is 15.6 Å². The van der Waals surface area contributed by atoms with Crippen LogP contribution in [-0.4, -0.2) is 45.4 Å². The highest BCUT2D eigenvalue weighted by molar-refractivity contribution is 7.17. The number of likely N-dealkylation sites (tertiary alicyclic amines) is 1. The van der Waals surface area contributed by atoms with Crippen molar-refractivity contribution in [1.29, 1.82) is 0 Å². The molecule has 0 spiro atoms. The second-order valence-corrected chi connectivity index (χ2v) is 11.4. The summed E-state index contributed by atoms with van der Waals surface area (Å²) >= 11 is 1.10. The van der Waals surface area contributed by atoms with Gasteiger partial charge in [0, 0.05) is 18.6 Å². The van der Waals surface area contributed by atoms with Crippen molar-refractivity contribution in [3.63, 3.8) is 0 Å². The molecule has 0 atom stereocenters. The van der Waals surface area contributed by atoms with Gasteiger partial charge in [-0.05, 0) is 81.8 Å². The van der Waals surface area contributed by atoms with Gasteiger partial charge in [0.05, 0.1) is 4.88 Å². The van der Waals surface area contributed by atoms with Crippen LogP contribution in [-0.2, 0) is 19.6 Å². The van der Waals surface area contributed by atoms with Crippen LogP contribution < -0.4 is 10.1 Å². The van der Waals surface area contributed by atoms with Gasteiger partial charge in [-0.3, -0.25) is 9.58 Å². The number of aryl methyl sites for hydroxylation is 1. The van der Waals surface area contributed by atoms with Crippen molar-refractivity contribution in [2.75, 3.05) is 13.1 Å². The lowest BCUT2D eigenvalue weighted by Gasteiger charge is -2.50. The summed E-state index contributed by atoms with van der Waals surface area (Å²) in [5.74, 6) is 0. The number of benzene rings is 1. The average molecular weight is 547 g/mol. The molecule has 3 heterocycles. The number of hydrogen-bond donors (Lipinski definition) is 1. The van der Waals surface area contributed by atoms with E-state index in [0.717, 1.165) is 67.3 Å². The Labute approximate surface area is 224 Å². The highest BCUT2D eigenvalue weighted by Gasteiger charge is 2.41. The summed E-state index contributed by atoms with van der Waals surface area (Å²) in [7, 11) is 1.26. The molecule has 1 N–H and O–H groups in total. The second-order valence-electron chi connectivity index (χ2n) is 10.4. The van der Waals surface area contributed by atoms with E-state index in [2.05, 4.69) is 45.6 Å². The van der Waals surface area contributed by atoms with E-state index in [1.165, 1.54) is 31.9 Å². The molecule has 204 valence electrons. The standard InChI is InChI=1S/C28H33F3N4O2S/c1-34-24(28(29,30)31)18-22(33-34)23-10-11-25(38-23)37-26(36)32-21-12-14-27(15-13-21,35-16-6-3-7-17-35)19-20-8-4-2-5-9-20/h2,4-5,8-11,18,21H,3,6-7,12-17,19H2,1H3,(H,32,36). The number of rotatable bonds is 6. The molecular formula is C28H33F3N4O2S. The lowest BCUT2D eigenvalue weighted by molar-refractivity contribution is -0.143. The van der Waals surface area contributed by atoms with Gasteiger partial charge in [0.15, 0.2) is 5.06 Å². The fourth-order valence-electron chi connectivity index (χ4n) is 5.90. The molecule has 10 heteroatoms. The van der Waals surface area contributed by atoms with Gasteiger partial charge in [0.2, 0.25) is 0 Å². The van der Waals surface area contributed by atoms with Gasteiger partial charge >= 0.3 is 12.3 Å². The number of ether oxygens (including phenoxy) is 1. The van der Waals surface area contributed by atoms with Crippen molar-refractivity contribution in [2.45, 2.75) is 69.1 Å². The average Bonchev–Trinajstić information content (AvgIpc) is 3.53. The summed E-state index contributed by atoms with van der Waals surface area (Å²) in [4.78, 5) is 15.9. The molecule has 0 unspecified atom stereocenters. The fourth-order valence-corrected chi connectivity index (χ4v) is 6.71. The molecule has 1 aromatic carbocycles. The molecule has 1 aliphatic carbocycles. The first-order valence-electron chi connectivity index (χ1n) is 13.2. The number of amides is 1. The smallest absolute Gasteiger partial charge is 0.399 e. The number of alkyl halides is 3. The van der Waals surface area contributed by atoms with Crippen molar-refractivity contribution in [3.05, 3.63) is 59.8 Å². The minimum absolute atomic E-state index is 0.0285. The molecule has 1 saturated heterocycles. The van der Waals surface area contributed by atoms with Gasteiger partial charge in [-0.2, -0.15) is 18.3 Å². The molecule has 6 nitrogen and oxygen atoms in total. The van der Waals surface area contributed by atoms with Crippen LogP contribution in [0.4, 0.5) is 18.0 Å². The first-order chi connectivity index (χ1) is 18.2. The van der Waals surface area contributed by atoms with E-state index in [1.54, 1.807) is 12.1 Å². The summed E-state index contributed by atoms with van der Waals surface area (Å²) in [6.07, 6.45) is 3.55. The Morgan fingerprint density at radius 1 is 1.11 bits per heavy atom. The molecule has 1 amide bonds. The largest absolute Gasteiger partial charge is 0.433 e. The highest BCUT2D eigenvalue weighted by Crippen LogP contribution is 2.39. The Bertz CT molecular complexity index is 1230. The maximum atomic E-state index is 13.1. The Morgan fingerprint density at radius 2 is 1.82 bits per heavy atom. The molecule has 2 aromatic heterocycles. The van der Waals surface area contributed by atoms with Crippen LogP contribution in [0, 0.1) is 0 Å². The molecule has 38 heavy (non-hydrogen) atoms. The van der Waals surface area contributed by atoms with E-state index < -0.39 is 18.0 Å². The van der Waals surface area contributed by atoms with Crippen LogP contribution >= 0.6 is 11.3 Å². The molecule has 0 radical (unpaired) electrons. The first-order valence-corrected chi connectivity index (χ1v) is 14.0. The molecule has 1 aliphatic heterocycles. The zero-order valence-electron chi connectivity index (χ0n) is 21.5. The number of carbonyl (C=O) groups is 1. The minimum atomic E-state index is -4.48. The third-order valence-electron chi connectivity index (χ3n) is 7.84. The number of hydrogen-bond acceptors (Lipinski definition) is 5. The van der Waals surface area contributed by atoms with Crippen LogP contribution in [0.5, 0.6) is 5.06 Å². The number of halogens is 3. The zero-order chi connectivity index (χ0) is 26.8. The number of piperidine rings is 1. The van der Waals surface area contributed by atoms with Gasteiger partial charge in [0.25, 0.3) is 0 Å². The summed E-state index contributed by atoms with van der Waals surface area (Å²) in [6, 6.07) is 14.9. The predicted octanol–water partition coefficient (Wildman–Crippen LogP) is 6.67. The monoisotopic (exact) mass is 546 g/mol. The molecule has 1 saturated carbocycles. The van der Waals surface area contributed by atoms with Gasteiger partial charge < -0.3 is 10.1 Å². The van der Waals surface area contributed by atoms with Crippen LogP contribution in [0.3, 0.4) is 0 Å². The third-order valence-corrected chi connectivity index (χ3v) is 8.82. The van der Waals surface area contributed by atoms with E-state index in [1.807, 2.05) is 0 Å². The highest BCUT2D eigenvalue weighted by atomic mass is 32.1. The quantitative estimate of drug-likeness (QED) is 0.375. The SMILES string of the molecule is Cn1nc(-c2ccc(OC(=O)NC3CCC(Cc4ccccc4)(N4CCCCC4)CC3)s2)cc1C(F)(F)F. The van der Waals surface area contributed by atoms with E-state index in [-0.39, 0.29) is 17.3 Å². The molecular weight excluding hydrogens is 513 g/mol. The van der Waals surface area contributed by atoms with Crippen molar-refractivity contribution < 1.29 is 22.7 Å². The van der Waals surface area contributed by atoms with Gasteiger partial charge in [-0.25, -0.2) is 4.79 Å². The Hall–Kier alpha value is -2.85.